The summed E-state index contributed by atoms with van der Waals surface area (Å²) in [6.45, 7) is 2.17. The van der Waals surface area contributed by atoms with E-state index in [-0.39, 0.29) is 11.0 Å². The van der Waals surface area contributed by atoms with Crippen LogP contribution < -0.4 is 20.2 Å². The number of aromatic amines is 1. The molecule has 0 fully saturated rings. The highest BCUT2D eigenvalue weighted by Crippen LogP contribution is 2.27. The summed E-state index contributed by atoms with van der Waals surface area (Å²) in [7, 11) is 0. The molecule has 1 aliphatic rings. The molecule has 0 aliphatic carbocycles. The van der Waals surface area contributed by atoms with Gasteiger partial charge in [-0.05, 0) is 12.1 Å². The largest absolute Gasteiger partial charge is 0.485 e. The number of H-pyrrole nitrogens is 1. The number of aromatic nitrogens is 1. The maximum Gasteiger partial charge on any atom is 0.304 e. The second kappa shape index (κ2) is 5.46. The molecule has 0 saturated heterocycles. The molecule has 100 valence electrons. The van der Waals surface area contributed by atoms with Crippen molar-refractivity contribution in [2.24, 2.45) is 0 Å². The topological polar surface area (TPSA) is 66.2 Å². The number of ether oxygens (including phenoxy) is 1. The molecule has 0 saturated carbocycles. The van der Waals surface area contributed by atoms with E-state index in [2.05, 4.69) is 15.6 Å². The third-order valence-electron chi connectivity index (χ3n) is 2.96. The lowest BCUT2D eigenvalue weighted by Gasteiger charge is -2.27. The van der Waals surface area contributed by atoms with E-state index in [9.17, 15) is 4.79 Å². The minimum atomic E-state index is -0.0127. The van der Waals surface area contributed by atoms with Crippen LogP contribution in [0.2, 0.25) is 0 Å². The van der Waals surface area contributed by atoms with Gasteiger partial charge in [0.2, 0.25) is 0 Å². The smallest absolute Gasteiger partial charge is 0.304 e. The third kappa shape index (κ3) is 2.97. The van der Waals surface area contributed by atoms with Crippen LogP contribution in [0.15, 0.2) is 34.4 Å². The Morgan fingerprint density at radius 1 is 1.42 bits per heavy atom. The average molecular weight is 277 g/mol. The second-order valence-electron chi connectivity index (χ2n) is 4.42. The molecule has 0 bridgehead atoms. The number of benzene rings is 1. The molecule has 3 rings (SSSR count). The molecule has 3 N–H and O–H groups in total. The van der Waals surface area contributed by atoms with Crippen LogP contribution in [-0.2, 0) is 6.54 Å². The van der Waals surface area contributed by atoms with Crippen molar-refractivity contribution >= 4 is 17.0 Å². The van der Waals surface area contributed by atoms with E-state index in [4.69, 9.17) is 4.74 Å². The highest BCUT2D eigenvalue weighted by molar-refractivity contribution is 7.07. The molecule has 6 heteroatoms. The van der Waals surface area contributed by atoms with Gasteiger partial charge in [0.15, 0.2) is 0 Å². The summed E-state index contributed by atoms with van der Waals surface area (Å²) in [5, 5.41) is 8.47. The van der Waals surface area contributed by atoms with Crippen LogP contribution in [0, 0.1) is 0 Å². The highest BCUT2D eigenvalue weighted by atomic mass is 32.1. The Labute approximate surface area is 114 Å². The number of fused-ring (bicyclic) bond motifs is 1. The Hall–Kier alpha value is -1.79. The van der Waals surface area contributed by atoms with Gasteiger partial charge >= 0.3 is 4.87 Å². The minimum absolute atomic E-state index is 0.0127. The van der Waals surface area contributed by atoms with Crippen molar-refractivity contribution < 1.29 is 4.74 Å². The van der Waals surface area contributed by atoms with Crippen molar-refractivity contribution in [3.8, 4) is 5.75 Å². The Morgan fingerprint density at radius 3 is 3.16 bits per heavy atom. The maximum absolute atomic E-state index is 11.0. The van der Waals surface area contributed by atoms with Crippen LogP contribution in [-0.4, -0.2) is 24.2 Å². The van der Waals surface area contributed by atoms with Crippen LogP contribution in [0.1, 0.15) is 5.69 Å². The lowest BCUT2D eigenvalue weighted by atomic mass is 10.2. The van der Waals surface area contributed by atoms with Crippen LogP contribution in [0.3, 0.4) is 0 Å². The quantitative estimate of drug-likeness (QED) is 0.790. The number of hydrogen-bond donors (Lipinski definition) is 3. The lowest BCUT2D eigenvalue weighted by Crippen LogP contribution is -2.39. The van der Waals surface area contributed by atoms with Gasteiger partial charge in [0, 0.05) is 24.2 Å². The Bertz CT molecular complexity index is 608. The molecule has 5 nitrogen and oxygen atoms in total. The molecular formula is C13H15N3O2S. The van der Waals surface area contributed by atoms with Gasteiger partial charge in [-0.1, -0.05) is 23.5 Å². The van der Waals surface area contributed by atoms with Gasteiger partial charge in [-0.15, -0.1) is 0 Å². The van der Waals surface area contributed by atoms with Crippen molar-refractivity contribution in [2.75, 3.05) is 18.4 Å². The first-order valence-electron chi connectivity index (χ1n) is 6.18. The van der Waals surface area contributed by atoms with E-state index in [0.717, 1.165) is 30.2 Å². The molecule has 2 heterocycles. The number of rotatable bonds is 4. The van der Waals surface area contributed by atoms with Gasteiger partial charge in [-0.3, -0.25) is 4.79 Å². The summed E-state index contributed by atoms with van der Waals surface area (Å²) in [5.41, 5.74) is 1.96. The van der Waals surface area contributed by atoms with Crippen LogP contribution in [0.25, 0.3) is 0 Å². The molecule has 1 aromatic heterocycles. The molecule has 1 atom stereocenters. The fourth-order valence-corrected chi connectivity index (χ4v) is 2.62. The molecule has 1 aromatic carbocycles. The Balaban J connectivity index is 1.51. The van der Waals surface area contributed by atoms with Crippen molar-refractivity contribution in [1.29, 1.82) is 0 Å². The molecule has 1 aliphatic heterocycles. The summed E-state index contributed by atoms with van der Waals surface area (Å²) in [5.74, 6) is 0.893. The van der Waals surface area contributed by atoms with Gasteiger partial charge in [-0.2, -0.15) is 0 Å². The average Bonchev–Trinajstić information content (AvgIpc) is 2.84. The zero-order valence-electron chi connectivity index (χ0n) is 10.3. The number of para-hydroxylation sites is 2. The maximum atomic E-state index is 11.0. The zero-order valence-corrected chi connectivity index (χ0v) is 11.1. The monoisotopic (exact) mass is 277 g/mol. The predicted octanol–water partition coefficient (Wildman–Crippen LogP) is 1.40. The minimum Gasteiger partial charge on any atom is -0.485 e. The highest BCUT2D eigenvalue weighted by Gasteiger charge is 2.18. The standard InChI is InChI=1S/C13H15N3O2S/c17-13-16-9(8-19-13)5-14-6-10-7-15-11-3-1-2-4-12(11)18-10/h1-4,8,10,14-15H,5-7H2,(H,16,17). The normalized spacial score (nSPS) is 17.4. The Kier molecular flexibility index (Phi) is 3.52. The second-order valence-corrected chi connectivity index (χ2v) is 5.26. The SMILES string of the molecule is O=c1[nH]c(CNCC2CNc3ccccc3O2)cs1. The molecule has 0 amide bonds. The summed E-state index contributed by atoms with van der Waals surface area (Å²) in [4.78, 5) is 13.8. The first kappa shape index (κ1) is 12.3. The number of anilines is 1. The van der Waals surface area contributed by atoms with Crippen molar-refractivity contribution in [2.45, 2.75) is 12.6 Å². The van der Waals surface area contributed by atoms with Crippen LogP contribution in [0.4, 0.5) is 5.69 Å². The van der Waals surface area contributed by atoms with Crippen LogP contribution >= 0.6 is 11.3 Å². The lowest BCUT2D eigenvalue weighted by molar-refractivity contribution is 0.201. The molecule has 19 heavy (non-hydrogen) atoms. The number of hydrogen-bond acceptors (Lipinski definition) is 5. The van der Waals surface area contributed by atoms with E-state index in [1.165, 1.54) is 11.3 Å². The van der Waals surface area contributed by atoms with E-state index in [0.29, 0.717) is 6.54 Å². The van der Waals surface area contributed by atoms with E-state index in [1.54, 1.807) is 0 Å². The summed E-state index contributed by atoms with van der Waals surface area (Å²) in [6.07, 6.45) is 0.0975. The summed E-state index contributed by atoms with van der Waals surface area (Å²) in [6, 6.07) is 7.92. The van der Waals surface area contributed by atoms with Crippen LogP contribution in [0.5, 0.6) is 5.75 Å². The third-order valence-corrected chi connectivity index (χ3v) is 3.68. The number of thiazole rings is 1. The van der Waals surface area contributed by atoms with Crippen molar-refractivity contribution in [3.63, 3.8) is 0 Å². The fraction of sp³-hybridized carbons (Fsp3) is 0.308. The van der Waals surface area contributed by atoms with E-state index in [1.807, 2.05) is 29.6 Å². The van der Waals surface area contributed by atoms with Gasteiger partial charge < -0.3 is 20.4 Å². The van der Waals surface area contributed by atoms with Gasteiger partial charge in [0.05, 0.1) is 12.2 Å². The summed E-state index contributed by atoms with van der Waals surface area (Å²) < 4.78 is 5.88. The molecule has 2 aromatic rings. The van der Waals surface area contributed by atoms with Gasteiger partial charge in [0.25, 0.3) is 0 Å². The fourth-order valence-electron chi connectivity index (χ4n) is 2.04. The van der Waals surface area contributed by atoms with Gasteiger partial charge in [0.1, 0.15) is 11.9 Å². The van der Waals surface area contributed by atoms with E-state index >= 15 is 0 Å². The van der Waals surface area contributed by atoms with Crippen molar-refractivity contribution in [3.05, 3.63) is 45.0 Å². The molecule has 0 radical (unpaired) electrons. The first-order valence-corrected chi connectivity index (χ1v) is 7.06. The zero-order chi connectivity index (χ0) is 13.1. The Morgan fingerprint density at radius 2 is 2.32 bits per heavy atom. The van der Waals surface area contributed by atoms with Gasteiger partial charge in [-0.25, -0.2) is 0 Å². The molecule has 0 spiro atoms. The number of nitrogens with one attached hydrogen (secondary N) is 3. The summed E-state index contributed by atoms with van der Waals surface area (Å²) >= 11 is 1.19. The molecule has 1 unspecified atom stereocenters. The van der Waals surface area contributed by atoms with E-state index < -0.39 is 0 Å². The molecular weight excluding hydrogens is 262 g/mol. The van der Waals surface area contributed by atoms with Crippen molar-refractivity contribution in [1.82, 2.24) is 10.3 Å². The first-order chi connectivity index (χ1) is 9.31. The predicted molar refractivity (Wildman–Crippen MR) is 76.0 cm³/mol.